The highest BCUT2D eigenvalue weighted by molar-refractivity contribution is 6.23. The summed E-state index contributed by atoms with van der Waals surface area (Å²) in [5, 5.41) is 7.36. The fraction of sp³-hybridized carbons (Fsp3) is 0. The summed E-state index contributed by atoms with van der Waals surface area (Å²) in [4.78, 5) is 14.9. The molecule has 3 aromatic heterocycles. The Morgan fingerprint density at radius 3 is 1.46 bits per heavy atom. The summed E-state index contributed by atoms with van der Waals surface area (Å²) < 4.78 is 4.82. The van der Waals surface area contributed by atoms with Gasteiger partial charge < -0.3 is 9.13 Å². The molecule has 252 valence electrons. The van der Waals surface area contributed by atoms with Crippen LogP contribution in [0, 0.1) is 0 Å². The average molecular weight is 690 g/mol. The van der Waals surface area contributed by atoms with Crippen molar-refractivity contribution in [2.45, 2.75) is 0 Å². The molecule has 0 radical (unpaired) electrons. The third-order valence-electron chi connectivity index (χ3n) is 10.5. The Labute approximate surface area is 311 Å². The Morgan fingerprint density at radius 2 is 0.796 bits per heavy atom. The van der Waals surface area contributed by atoms with E-state index in [1.54, 1.807) is 0 Å². The lowest BCUT2D eigenvalue weighted by molar-refractivity contribution is 1.07. The molecule has 3 heterocycles. The lowest BCUT2D eigenvalue weighted by Crippen LogP contribution is -2.00. The third kappa shape index (κ3) is 4.76. The Morgan fingerprint density at radius 1 is 0.296 bits per heavy atom. The Kier molecular flexibility index (Phi) is 6.79. The maximum absolute atomic E-state index is 4.99. The van der Waals surface area contributed by atoms with Crippen molar-refractivity contribution in [1.29, 1.82) is 0 Å². The van der Waals surface area contributed by atoms with Crippen molar-refractivity contribution in [1.82, 2.24) is 24.1 Å². The largest absolute Gasteiger partial charge is 0.309 e. The van der Waals surface area contributed by atoms with Gasteiger partial charge in [0.15, 0.2) is 17.5 Å². The normalized spacial score (nSPS) is 11.7. The third-order valence-corrected chi connectivity index (χ3v) is 10.5. The number of nitrogens with zero attached hydrogens (tertiary/aromatic N) is 5. The van der Waals surface area contributed by atoms with Gasteiger partial charge in [-0.2, -0.15) is 0 Å². The number of rotatable bonds is 5. The molecule has 5 nitrogen and oxygen atoms in total. The fourth-order valence-electron chi connectivity index (χ4n) is 8.06. The van der Waals surface area contributed by atoms with E-state index in [1.165, 1.54) is 48.9 Å². The van der Waals surface area contributed by atoms with Gasteiger partial charge in [0.2, 0.25) is 0 Å². The second-order valence-electron chi connectivity index (χ2n) is 13.7. The smallest absolute Gasteiger partial charge is 0.164 e. The van der Waals surface area contributed by atoms with Crippen molar-refractivity contribution in [2.75, 3.05) is 0 Å². The van der Waals surface area contributed by atoms with Gasteiger partial charge in [-0.05, 0) is 60.0 Å². The quantitative estimate of drug-likeness (QED) is 0.181. The van der Waals surface area contributed by atoms with E-state index in [1.807, 2.05) is 60.7 Å². The van der Waals surface area contributed by atoms with Crippen LogP contribution in [0.15, 0.2) is 188 Å². The van der Waals surface area contributed by atoms with Gasteiger partial charge in [0.1, 0.15) is 0 Å². The molecule has 54 heavy (non-hydrogen) atoms. The van der Waals surface area contributed by atoms with Crippen molar-refractivity contribution < 1.29 is 0 Å². The first kappa shape index (κ1) is 30.3. The summed E-state index contributed by atoms with van der Waals surface area (Å²) in [6.07, 6.45) is 0. The molecule has 0 fully saturated rings. The number of benzene rings is 8. The molecule has 8 aromatic carbocycles. The SMILES string of the molecule is c1ccc(-c2nc(-c3ccccc3)nc(-c3ccc(-n4c5cc6c(cc5c5ccc7ccccc7c54)c4ccccc4n6-c4ccccc4)cc3)n2)cc1. The first-order chi connectivity index (χ1) is 26.8. The van der Waals surface area contributed by atoms with Gasteiger partial charge in [0.05, 0.1) is 22.1 Å². The lowest BCUT2D eigenvalue weighted by atomic mass is 10.0. The molecular weight excluding hydrogens is 659 g/mol. The second kappa shape index (κ2) is 12.1. The van der Waals surface area contributed by atoms with Crippen LogP contribution in [0.3, 0.4) is 0 Å². The first-order valence-corrected chi connectivity index (χ1v) is 18.2. The standard InChI is InChI=1S/C49H31N5/c1-4-15-33(16-5-1)47-50-48(34-17-6-2-7-18-34)52-49(51-47)35-24-27-37(28-25-35)54-45-31-44-41(30-42(45)40-29-26-32-14-10-11-21-38(32)46(40)54)39-22-12-13-23-43(39)53(44)36-19-8-3-9-20-36/h1-31H. The molecule has 5 heteroatoms. The van der Waals surface area contributed by atoms with Gasteiger partial charge in [0, 0.05) is 55.0 Å². The molecule has 0 atom stereocenters. The van der Waals surface area contributed by atoms with Crippen LogP contribution in [-0.2, 0) is 0 Å². The molecule has 0 N–H and O–H groups in total. The van der Waals surface area contributed by atoms with Crippen molar-refractivity contribution in [3.63, 3.8) is 0 Å². The maximum Gasteiger partial charge on any atom is 0.164 e. The van der Waals surface area contributed by atoms with Gasteiger partial charge in [-0.1, -0.05) is 133 Å². The minimum atomic E-state index is 0.635. The van der Waals surface area contributed by atoms with Gasteiger partial charge in [0.25, 0.3) is 0 Å². The lowest BCUT2D eigenvalue weighted by Gasteiger charge is -2.12. The van der Waals surface area contributed by atoms with Gasteiger partial charge in [-0.15, -0.1) is 0 Å². The first-order valence-electron chi connectivity index (χ1n) is 18.2. The second-order valence-corrected chi connectivity index (χ2v) is 13.7. The Bertz CT molecular complexity index is 3120. The van der Waals surface area contributed by atoms with E-state index in [2.05, 4.69) is 137 Å². The zero-order chi connectivity index (χ0) is 35.6. The van der Waals surface area contributed by atoms with Gasteiger partial charge in [-0.25, -0.2) is 15.0 Å². The molecule has 11 aromatic rings. The Balaban J connectivity index is 1.16. The minimum Gasteiger partial charge on any atom is -0.309 e. The van der Waals surface area contributed by atoms with E-state index in [9.17, 15) is 0 Å². The summed E-state index contributed by atoms with van der Waals surface area (Å²) in [5.41, 5.74) is 9.74. The molecule has 0 spiro atoms. The summed E-state index contributed by atoms with van der Waals surface area (Å²) in [6, 6.07) is 66.3. The van der Waals surface area contributed by atoms with Crippen LogP contribution in [0.2, 0.25) is 0 Å². The van der Waals surface area contributed by atoms with E-state index in [-0.39, 0.29) is 0 Å². The molecule has 0 amide bonds. The van der Waals surface area contributed by atoms with Crippen LogP contribution in [-0.4, -0.2) is 24.1 Å². The molecule has 0 saturated carbocycles. The highest BCUT2D eigenvalue weighted by Crippen LogP contribution is 2.41. The van der Waals surface area contributed by atoms with Crippen molar-refractivity contribution in [2.24, 2.45) is 0 Å². The predicted octanol–water partition coefficient (Wildman–Crippen LogP) is 12.2. The zero-order valence-corrected chi connectivity index (χ0v) is 29.1. The molecule has 0 unspecified atom stereocenters. The van der Waals surface area contributed by atoms with Crippen LogP contribution in [0.1, 0.15) is 0 Å². The topological polar surface area (TPSA) is 48.5 Å². The van der Waals surface area contributed by atoms with Crippen LogP contribution >= 0.6 is 0 Å². The number of aromatic nitrogens is 5. The Hall–Kier alpha value is -7.37. The fourth-order valence-corrected chi connectivity index (χ4v) is 8.06. The van der Waals surface area contributed by atoms with Crippen LogP contribution in [0.4, 0.5) is 0 Å². The summed E-state index contributed by atoms with van der Waals surface area (Å²) >= 11 is 0. The number of para-hydroxylation sites is 2. The van der Waals surface area contributed by atoms with Gasteiger partial charge >= 0.3 is 0 Å². The molecular formula is C49H31N5. The van der Waals surface area contributed by atoms with Crippen LogP contribution < -0.4 is 0 Å². The van der Waals surface area contributed by atoms with Crippen LogP contribution in [0.5, 0.6) is 0 Å². The predicted molar refractivity (Wildman–Crippen MR) is 222 cm³/mol. The summed E-state index contributed by atoms with van der Waals surface area (Å²) in [5.74, 6) is 1.93. The zero-order valence-electron chi connectivity index (χ0n) is 29.1. The van der Waals surface area contributed by atoms with Gasteiger partial charge in [-0.3, -0.25) is 0 Å². The number of hydrogen-bond donors (Lipinski definition) is 0. The highest BCUT2D eigenvalue weighted by Gasteiger charge is 2.20. The molecule has 0 aliphatic heterocycles. The van der Waals surface area contributed by atoms with Crippen molar-refractivity contribution in [3.8, 4) is 45.5 Å². The maximum atomic E-state index is 4.99. The molecule has 0 aliphatic carbocycles. The van der Waals surface area contributed by atoms with Crippen LogP contribution in [0.25, 0.3) is 99.9 Å². The molecule has 0 aliphatic rings. The van der Waals surface area contributed by atoms with Crippen molar-refractivity contribution in [3.05, 3.63) is 188 Å². The van der Waals surface area contributed by atoms with E-state index in [0.29, 0.717) is 17.5 Å². The van der Waals surface area contributed by atoms with Crippen molar-refractivity contribution >= 4 is 54.4 Å². The van der Waals surface area contributed by atoms with E-state index in [4.69, 9.17) is 15.0 Å². The summed E-state index contributed by atoms with van der Waals surface area (Å²) in [6.45, 7) is 0. The highest BCUT2D eigenvalue weighted by atomic mass is 15.0. The summed E-state index contributed by atoms with van der Waals surface area (Å²) in [7, 11) is 0. The van der Waals surface area contributed by atoms with E-state index < -0.39 is 0 Å². The number of fused-ring (bicyclic) bond motifs is 8. The minimum absolute atomic E-state index is 0.635. The van der Waals surface area contributed by atoms with E-state index >= 15 is 0 Å². The molecule has 0 saturated heterocycles. The number of hydrogen-bond acceptors (Lipinski definition) is 3. The van der Waals surface area contributed by atoms with E-state index in [0.717, 1.165) is 33.6 Å². The molecule has 0 bridgehead atoms. The molecule has 11 rings (SSSR count). The monoisotopic (exact) mass is 689 g/mol. The average Bonchev–Trinajstić information content (AvgIpc) is 3.76.